The summed E-state index contributed by atoms with van der Waals surface area (Å²) >= 11 is 8.55. The number of anilines is 1. The molecule has 2 N–H and O–H groups in total. The molecule has 134 valence electrons. The number of halogens is 1. The lowest BCUT2D eigenvalue weighted by atomic mass is 10.2. The molecular formula is C19H18BrN3O2S. The SMILES string of the molecule is O=C(NC(=S)Nc1cccc(C(=O)N2CCCC2)c1)c1cccc(Br)c1. The number of hydrogen-bond acceptors (Lipinski definition) is 3. The highest BCUT2D eigenvalue weighted by atomic mass is 79.9. The lowest BCUT2D eigenvalue weighted by Gasteiger charge is -2.16. The standard InChI is InChI=1S/C19H18BrN3O2S/c20-15-7-3-5-13(11-15)17(24)22-19(26)21-16-8-4-6-14(12-16)18(25)23-9-1-2-10-23/h3-8,11-12H,1-2,9-10H2,(H2,21,22,24,26). The van der Waals surface area contributed by atoms with E-state index in [0.717, 1.165) is 30.4 Å². The minimum absolute atomic E-state index is 0.0234. The Morgan fingerprint density at radius 3 is 2.42 bits per heavy atom. The van der Waals surface area contributed by atoms with Crippen LogP contribution in [0.25, 0.3) is 0 Å². The van der Waals surface area contributed by atoms with Crippen LogP contribution in [0.3, 0.4) is 0 Å². The van der Waals surface area contributed by atoms with E-state index in [1.165, 1.54) is 0 Å². The monoisotopic (exact) mass is 431 g/mol. The van der Waals surface area contributed by atoms with E-state index in [1.807, 2.05) is 11.0 Å². The van der Waals surface area contributed by atoms with Gasteiger partial charge in [-0.25, -0.2) is 0 Å². The third-order valence-electron chi connectivity index (χ3n) is 4.07. The van der Waals surface area contributed by atoms with Crippen molar-refractivity contribution in [1.29, 1.82) is 0 Å². The molecule has 0 aromatic heterocycles. The molecule has 5 nitrogen and oxygen atoms in total. The molecule has 3 rings (SSSR count). The molecule has 0 aliphatic carbocycles. The second-order valence-corrected chi connectivity index (χ2v) is 7.32. The van der Waals surface area contributed by atoms with Crippen molar-refractivity contribution < 1.29 is 9.59 Å². The fourth-order valence-electron chi connectivity index (χ4n) is 2.80. The molecule has 0 unspecified atom stereocenters. The van der Waals surface area contributed by atoms with Crippen molar-refractivity contribution in [3.8, 4) is 0 Å². The lowest BCUT2D eigenvalue weighted by molar-refractivity contribution is 0.0792. The molecule has 1 aliphatic heterocycles. The highest BCUT2D eigenvalue weighted by Gasteiger charge is 2.19. The van der Waals surface area contributed by atoms with Gasteiger partial charge in [-0.1, -0.05) is 28.1 Å². The number of likely N-dealkylation sites (tertiary alicyclic amines) is 1. The molecular weight excluding hydrogens is 414 g/mol. The predicted molar refractivity (Wildman–Crippen MR) is 109 cm³/mol. The number of nitrogens with zero attached hydrogens (tertiary/aromatic N) is 1. The molecule has 1 heterocycles. The summed E-state index contributed by atoms with van der Waals surface area (Å²) in [6, 6.07) is 14.2. The van der Waals surface area contributed by atoms with Gasteiger partial charge in [0.2, 0.25) is 0 Å². The first kappa shape index (κ1) is 18.5. The van der Waals surface area contributed by atoms with E-state index in [2.05, 4.69) is 26.6 Å². The average molecular weight is 432 g/mol. The number of thiocarbonyl (C=S) groups is 1. The maximum absolute atomic E-state index is 12.5. The van der Waals surface area contributed by atoms with Crippen LogP contribution in [0.2, 0.25) is 0 Å². The van der Waals surface area contributed by atoms with Crippen LogP contribution in [0.4, 0.5) is 5.69 Å². The second kappa shape index (κ2) is 8.42. The van der Waals surface area contributed by atoms with Gasteiger partial charge in [0, 0.05) is 34.4 Å². The number of carbonyl (C=O) groups excluding carboxylic acids is 2. The van der Waals surface area contributed by atoms with E-state index in [4.69, 9.17) is 12.2 Å². The molecule has 0 spiro atoms. The molecule has 0 bridgehead atoms. The fraction of sp³-hybridized carbons (Fsp3) is 0.211. The summed E-state index contributed by atoms with van der Waals surface area (Å²) in [5.41, 5.74) is 1.77. The van der Waals surface area contributed by atoms with Crippen LogP contribution in [-0.4, -0.2) is 34.9 Å². The highest BCUT2D eigenvalue weighted by Crippen LogP contribution is 2.16. The first-order chi connectivity index (χ1) is 12.5. The first-order valence-corrected chi connectivity index (χ1v) is 9.50. The Morgan fingerprint density at radius 1 is 1.00 bits per heavy atom. The van der Waals surface area contributed by atoms with Crippen molar-refractivity contribution in [1.82, 2.24) is 10.2 Å². The number of carbonyl (C=O) groups is 2. The van der Waals surface area contributed by atoms with E-state index in [-0.39, 0.29) is 16.9 Å². The molecule has 2 aromatic carbocycles. The number of benzene rings is 2. The minimum atomic E-state index is -0.298. The molecule has 0 atom stereocenters. The van der Waals surface area contributed by atoms with Crippen LogP contribution in [0, 0.1) is 0 Å². The molecule has 1 aliphatic rings. The van der Waals surface area contributed by atoms with Gasteiger partial charge in [0.25, 0.3) is 11.8 Å². The number of amides is 2. The van der Waals surface area contributed by atoms with Crippen LogP contribution in [0.1, 0.15) is 33.6 Å². The molecule has 7 heteroatoms. The van der Waals surface area contributed by atoms with Gasteiger partial charge in [0.05, 0.1) is 0 Å². The predicted octanol–water partition coefficient (Wildman–Crippen LogP) is 3.81. The summed E-state index contributed by atoms with van der Waals surface area (Å²) in [5.74, 6) is -0.275. The maximum atomic E-state index is 12.5. The van der Waals surface area contributed by atoms with Crippen molar-refractivity contribution in [2.75, 3.05) is 18.4 Å². The summed E-state index contributed by atoms with van der Waals surface area (Å²) in [7, 11) is 0. The Kier molecular flexibility index (Phi) is 6.00. The zero-order valence-electron chi connectivity index (χ0n) is 14.0. The Balaban J connectivity index is 1.63. The third-order valence-corrected chi connectivity index (χ3v) is 4.77. The van der Waals surface area contributed by atoms with Gasteiger partial charge in [-0.2, -0.15) is 0 Å². The smallest absolute Gasteiger partial charge is 0.257 e. The summed E-state index contributed by atoms with van der Waals surface area (Å²) in [6.45, 7) is 1.61. The van der Waals surface area contributed by atoms with Gasteiger partial charge in [-0.15, -0.1) is 0 Å². The quantitative estimate of drug-likeness (QED) is 0.725. The van der Waals surface area contributed by atoms with Gasteiger partial charge < -0.3 is 10.2 Å². The summed E-state index contributed by atoms with van der Waals surface area (Å²) in [4.78, 5) is 26.6. The molecule has 26 heavy (non-hydrogen) atoms. The molecule has 0 radical (unpaired) electrons. The largest absolute Gasteiger partial charge is 0.339 e. The summed E-state index contributed by atoms with van der Waals surface area (Å²) in [6.07, 6.45) is 2.10. The van der Waals surface area contributed by atoms with Crippen LogP contribution in [0.5, 0.6) is 0 Å². The Hall–Kier alpha value is -2.25. The van der Waals surface area contributed by atoms with Crippen molar-refractivity contribution >= 4 is 50.8 Å². The summed E-state index contributed by atoms with van der Waals surface area (Å²) < 4.78 is 0.817. The van der Waals surface area contributed by atoms with Crippen LogP contribution < -0.4 is 10.6 Å². The summed E-state index contributed by atoms with van der Waals surface area (Å²) in [5, 5.41) is 5.78. The second-order valence-electron chi connectivity index (χ2n) is 6.00. The van der Waals surface area contributed by atoms with E-state index < -0.39 is 0 Å². The van der Waals surface area contributed by atoms with Crippen molar-refractivity contribution in [3.05, 3.63) is 64.1 Å². The Labute approximate surface area is 165 Å². The van der Waals surface area contributed by atoms with E-state index in [0.29, 0.717) is 16.8 Å². The van der Waals surface area contributed by atoms with E-state index in [9.17, 15) is 9.59 Å². The Bertz CT molecular complexity index is 850. The zero-order chi connectivity index (χ0) is 18.5. The minimum Gasteiger partial charge on any atom is -0.339 e. The lowest BCUT2D eigenvalue weighted by Crippen LogP contribution is -2.34. The third kappa shape index (κ3) is 4.68. The van der Waals surface area contributed by atoms with Gasteiger partial charge in [0.15, 0.2) is 5.11 Å². The fourth-order valence-corrected chi connectivity index (χ4v) is 3.41. The number of nitrogens with one attached hydrogen (secondary N) is 2. The molecule has 2 aromatic rings. The van der Waals surface area contributed by atoms with Gasteiger partial charge in [0.1, 0.15) is 0 Å². The van der Waals surface area contributed by atoms with Crippen molar-refractivity contribution in [2.24, 2.45) is 0 Å². The molecule has 2 amide bonds. The van der Waals surface area contributed by atoms with Gasteiger partial charge in [-0.05, 0) is 61.5 Å². The normalized spacial score (nSPS) is 13.3. The van der Waals surface area contributed by atoms with Crippen LogP contribution in [-0.2, 0) is 0 Å². The van der Waals surface area contributed by atoms with Crippen molar-refractivity contribution in [2.45, 2.75) is 12.8 Å². The molecule has 0 saturated carbocycles. The highest BCUT2D eigenvalue weighted by molar-refractivity contribution is 9.10. The number of rotatable bonds is 3. The zero-order valence-corrected chi connectivity index (χ0v) is 16.4. The van der Waals surface area contributed by atoms with Gasteiger partial charge >= 0.3 is 0 Å². The van der Waals surface area contributed by atoms with E-state index >= 15 is 0 Å². The van der Waals surface area contributed by atoms with E-state index in [1.54, 1.807) is 42.5 Å². The topological polar surface area (TPSA) is 61.4 Å². The average Bonchev–Trinajstić information content (AvgIpc) is 3.16. The Morgan fingerprint density at radius 2 is 1.69 bits per heavy atom. The number of hydrogen-bond donors (Lipinski definition) is 2. The first-order valence-electron chi connectivity index (χ1n) is 8.30. The van der Waals surface area contributed by atoms with Gasteiger partial charge in [-0.3, -0.25) is 14.9 Å². The maximum Gasteiger partial charge on any atom is 0.257 e. The van der Waals surface area contributed by atoms with Crippen molar-refractivity contribution in [3.63, 3.8) is 0 Å². The van der Waals surface area contributed by atoms with Crippen LogP contribution >= 0.6 is 28.1 Å². The molecule has 1 fully saturated rings. The molecule has 1 saturated heterocycles. The van der Waals surface area contributed by atoms with Crippen LogP contribution in [0.15, 0.2) is 53.0 Å².